The lowest BCUT2D eigenvalue weighted by Crippen LogP contribution is -2.41. The Balaban J connectivity index is 2.34. The molecule has 0 unspecified atom stereocenters. The van der Waals surface area contributed by atoms with Crippen LogP contribution in [0.25, 0.3) is 0 Å². The third-order valence-electron chi connectivity index (χ3n) is 3.79. The van der Waals surface area contributed by atoms with E-state index in [0.29, 0.717) is 0 Å². The Labute approximate surface area is 113 Å². The van der Waals surface area contributed by atoms with Gasteiger partial charge in [0.05, 0.1) is 7.11 Å². The summed E-state index contributed by atoms with van der Waals surface area (Å²) in [5.74, 6) is 0.162. The van der Waals surface area contributed by atoms with E-state index in [1.165, 1.54) is 19.5 Å². The van der Waals surface area contributed by atoms with Gasteiger partial charge < -0.3 is 9.47 Å². The van der Waals surface area contributed by atoms with Crippen molar-refractivity contribution in [3.8, 4) is 5.88 Å². The van der Waals surface area contributed by atoms with Crippen LogP contribution in [-0.4, -0.2) is 35.6 Å². The number of carbonyl (C=O) groups excluding carboxylic acids is 1. The van der Waals surface area contributed by atoms with Gasteiger partial charge in [0, 0.05) is 19.5 Å². The monoisotopic (exact) mass is 264 g/mol. The zero-order valence-corrected chi connectivity index (χ0v) is 11.5. The third-order valence-corrected chi connectivity index (χ3v) is 3.79. The second-order valence-electron chi connectivity index (χ2n) is 4.86. The molecule has 5 heteroatoms. The number of carbonyl (C=O) groups is 1. The number of hydrogen-bond acceptors (Lipinski definition) is 5. The molecule has 104 valence electrons. The van der Waals surface area contributed by atoms with Crippen LogP contribution in [0.2, 0.25) is 0 Å². The van der Waals surface area contributed by atoms with Crippen molar-refractivity contribution in [3.05, 3.63) is 18.1 Å². The maximum absolute atomic E-state index is 12.8. The highest BCUT2D eigenvalue weighted by molar-refractivity contribution is 6.02. The van der Waals surface area contributed by atoms with Crippen LogP contribution in [0.15, 0.2) is 12.4 Å². The van der Waals surface area contributed by atoms with Gasteiger partial charge in [-0.2, -0.15) is 0 Å². The highest BCUT2D eigenvalue weighted by Gasteiger charge is 2.41. The Morgan fingerprint density at radius 2 is 1.74 bits per heavy atom. The summed E-state index contributed by atoms with van der Waals surface area (Å²) in [6.45, 7) is 0. The van der Waals surface area contributed by atoms with Crippen LogP contribution in [0.3, 0.4) is 0 Å². The van der Waals surface area contributed by atoms with E-state index >= 15 is 0 Å². The van der Waals surface area contributed by atoms with Gasteiger partial charge in [-0.1, -0.05) is 25.7 Å². The molecule has 0 aromatic carbocycles. The molecular formula is C14H20N2O3. The summed E-state index contributed by atoms with van der Waals surface area (Å²) in [6.07, 6.45) is 8.80. The van der Waals surface area contributed by atoms with Crippen LogP contribution in [-0.2, 0) is 4.74 Å². The molecule has 5 nitrogen and oxygen atoms in total. The van der Waals surface area contributed by atoms with Gasteiger partial charge in [-0.3, -0.25) is 4.79 Å². The summed E-state index contributed by atoms with van der Waals surface area (Å²) < 4.78 is 10.7. The molecule has 2 rings (SSSR count). The largest absolute Gasteiger partial charge is 0.479 e. The third kappa shape index (κ3) is 2.76. The molecule has 0 bridgehead atoms. The van der Waals surface area contributed by atoms with Crippen LogP contribution in [0.4, 0.5) is 0 Å². The van der Waals surface area contributed by atoms with E-state index in [2.05, 4.69) is 9.97 Å². The first-order valence-corrected chi connectivity index (χ1v) is 6.68. The Morgan fingerprint density at radius 3 is 2.32 bits per heavy atom. The van der Waals surface area contributed by atoms with Gasteiger partial charge in [0.1, 0.15) is 5.60 Å². The minimum absolute atomic E-state index is 0.109. The van der Waals surface area contributed by atoms with Gasteiger partial charge in [0.15, 0.2) is 5.69 Å². The molecular weight excluding hydrogens is 244 g/mol. The zero-order valence-electron chi connectivity index (χ0n) is 11.5. The maximum atomic E-state index is 12.8. The molecule has 0 saturated heterocycles. The van der Waals surface area contributed by atoms with E-state index in [0.717, 1.165) is 38.5 Å². The van der Waals surface area contributed by atoms with Crippen LogP contribution in [0.1, 0.15) is 49.0 Å². The molecule has 19 heavy (non-hydrogen) atoms. The van der Waals surface area contributed by atoms with E-state index in [1.54, 1.807) is 7.11 Å². The minimum atomic E-state index is -0.764. The topological polar surface area (TPSA) is 61.3 Å². The molecule has 1 heterocycles. The average molecular weight is 264 g/mol. The van der Waals surface area contributed by atoms with Gasteiger partial charge in [-0.15, -0.1) is 0 Å². The first kappa shape index (κ1) is 13.9. The summed E-state index contributed by atoms with van der Waals surface area (Å²) in [5.41, 5.74) is -0.492. The molecule has 0 N–H and O–H groups in total. The zero-order chi connectivity index (χ0) is 13.7. The lowest BCUT2D eigenvalue weighted by Gasteiger charge is -2.29. The predicted molar refractivity (Wildman–Crippen MR) is 70.4 cm³/mol. The SMILES string of the molecule is COc1nccnc1C(=O)C1(OC)CCCCCC1. The van der Waals surface area contributed by atoms with Gasteiger partial charge in [-0.05, 0) is 12.8 Å². The highest BCUT2D eigenvalue weighted by atomic mass is 16.5. The molecule has 0 radical (unpaired) electrons. The van der Waals surface area contributed by atoms with Gasteiger partial charge in [-0.25, -0.2) is 9.97 Å². The summed E-state index contributed by atoms with van der Waals surface area (Å²) in [5, 5.41) is 0. The number of hydrogen-bond donors (Lipinski definition) is 0. The Morgan fingerprint density at radius 1 is 1.11 bits per heavy atom. The molecule has 1 saturated carbocycles. The van der Waals surface area contributed by atoms with E-state index in [-0.39, 0.29) is 17.4 Å². The van der Waals surface area contributed by atoms with Crippen molar-refractivity contribution in [2.75, 3.05) is 14.2 Å². The van der Waals surface area contributed by atoms with Crippen molar-refractivity contribution >= 4 is 5.78 Å². The van der Waals surface area contributed by atoms with E-state index in [1.807, 2.05) is 0 Å². The molecule has 0 aliphatic heterocycles. The summed E-state index contributed by atoms with van der Waals surface area (Å²) in [4.78, 5) is 20.9. The molecule has 1 aromatic heterocycles. The van der Waals surface area contributed by atoms with E-state index in [4.69, 9.17) is 9.47 Å². The number of rotatable bonds is 4. The van der Waals surface area contributed by atoms with E-state index in [9.17, 15) is 4.79 Å². The van der Waals surface area contributed by atoms with Crippen LogP contribution in [0.5, 0.6) is 5.88 Å². The van der Waals surface area contributed by atoms with Crippen LogP contribution in [0, 0.1) is 0 Å². The fourth-order valence-corrected chi connectivity index (χ4v) is 2.67. The Hall–Kier alpha value is -1.49. The summed E-state index contributed by atoms with van der Waals surface area (Å²) in [6, 6.07) is 0. The molecule has 1 aromatic rings. The number of Topliss-reactive ketones (excluding diaryl/α,β-unsaturated/α-hetero) is 1. The van der Waals surface area contributed by atoms with Gasteiger partial charge in [0.2, 0.25) is 11.7 Å². The van der Waals surface area contributed by atoms with Crippen molar-refractivity contribution in [1.29, 1.82) is 0 Å². The highest BCUT2D eigenvalue weighted by Crippen LogP contribution is 2.34. The second-order valence-corrected chi connectivity index (χ2v) is 4.86. The summed E-state index contributed by atoms with van der Waals surface area (Å²) >= 11 is 0. The minimum Gasteiger partial charge on any atom is -0.479 e. The van der Waals surface area contributed by atoms with Gasteiger partial charge >= 0.3 is 0 Å². The van der Waals surface area contributed by atoms with Crippen LogP contribution >= 0.6 is 0 Å². The molecule has 0 spiro atoms. The fraction of sp³-hybridized carbons (Fsp3) is 0.643. The Bertz CT molecular complexity index is 440. The summed E-state index contributed by atoms with van der Waals surface area (Å²) in [7, 11) is 3.10. The average Bonchev–Trinajstić information content (AvgIpc) is 2.72. The standard InChI is InChI=1S/C14H20N2O3/c1-18-13-11(15-9-10-16-13)12(17)14(19-2)7-5-3-4-6-8-14/h9-10H,3-8H2,1-2H3. The van der Waals surface area contributed by atoms with Crippen molar-refractivity contribution in [1.82, 2.24) is 9.97 Å². The fourth-order valence-electron chi connectivity index (χ4n) is 2.67. The first-order valence-electron chi connectivity index (χ1n) is 6.68. The van der Waals surface area contributed by atoms with Gasteiger partial charge in [0.25, 0.3) is 0 Å². The lowest BCUT2D eigenvalue weighted by molar-refractivity contribution is -0.00758. The molecule has 1 aliphatic rings. The number of ketones is 1. The van der Waals surface area contributed by atoms with Crippen molar-refractivity contribution in [2.24, 2.45) is 0 Å². The number of ether oxygens (including phenoxy) is 2. The molecule has 1 aliphatic carbocycles. The first-order chi connectivity index (χ1) is 9.23. The number of aromatic nitrogens is 2. The van der Waals surface area contributed by atoms with E-state index < -0.39 is 5.60 Å². The maximum Gasteiger partial charge on any atom is 0.243 e. The second kappa shape index (κ2) is 6.10. The normalized spacial score (nSPS) is 18.6. The molecule has 0 atom stereocenters. The molecule has 0 amide bonds. The predicted octanol–water partition coefficient (Wildman–Crippen LogP) is 2.41. The Kier molecular flexibility index (Phi) is 4.47. The van der Waals surface area contributed by atoms with Crippen LogP contribution < -0.4 is 4.74 Å². The van der Waals surface area contributed by atoms with Crippen molar-refractivity contribution in [3.63, 3.8) is 0 Å². The van der Waals surface area contributed by atoms with Crippen molar-refractivity contribution < 1.29 is 14.3 Å². The lowest BCUT2D eigenvalue weighted by atomic mass is 9.87. The van der Waals surface area contributed by atoms with Crippen molar-refractivity contribution in [2.45, 2.75) is 44.1 Å². The molecule has 1 fully saturated rings. The number of nitrogens with zero attached hydrogens (tertiary/aromatic N) is 2. The smallest absolute Gasteiger partial charge is 0.243 e. The number of methoxy groups -OCH3 is 2. The quantitative estimate of drug-likeness (QED) is 0.617.